The Balaban J connectivity index is 1.78. The van der Waals surface area contributed by atoms with E-state index in [9.17, 15) is 19.2 Å². The highest BCUT2D eigenvalue weighted by molar-refractivity contribution is 6.03. The molecular weight excluding hydrogens is 312 g/mol. The molecule has 24 heavy (non-hydrogen) atoms. The van der Waals surface area contributed by atoms with Crippen LogP contribution in [0, 0.1) is 5.92 Å². The molecule has 0 saturated carbocycles. The zero-order valence-electron chi connectivity index (χ0n) is 13.2. The lowest BCUT2D eigenvalue weighted by Crippen LogP contribution is -2.24. The van der Waals surface area contributed by atoms with Gasteiger partial charge in [0.15, 0.2) is 0 Å². The van der Waals surface area contributed by atoms with Crippen LogP contribution in [0.3, 0.4) is 0 Å². The van der Waals surface area contributed by atoms with Crippen LogP contribution in [0.4, 0.5) is 0 Å². The molecule has 0 aliphatic carbocycles. The van der Waals surface area contributed by atoms with Gasteiger partial charge in [-0.1, -0.05) is 12.1 Å². The Morgan fingerprint density at radius 3 is 2.46 bits per heavy atom. The van der Waals surface area contributed by atoms with E-state index < -0.39 is 5.97 Å². The zero-order valence-corrected chi connectivity index (χ0v) is 13.2. The standard InChI is InChI=1S/C17H20N2O5/c20-14-10-13(17(24)19-14)9-11-4-6-12(7-5-11)16(23)18-8-2-1-3-15(21)22/h4-7,13H,1-3,8-10H2,(H,18,23)(H,21,22)(H,19,20,24). The molecule has 1 aliphatic heterocycles. The minimum absolute atomic E-state index is 0.0990. The summed E-state index contributed by atoms with van der Waals surface area (Å²) in [5, 5.41) is 13.5. The SMILES string of the molecule is O=C(O)CCCCNC(=O)c1ccc(CC2CC(=O)NC2=O)cc1. The van der Waals surface area contributed by atoms with Gasteiger partial charge < -0.3 is 10.4 Å². The number of unbranched alkanes of at least 4 members (excludes halogenated alkanes) is 1. The van der Waals surface area contributed by atoms with E-state index in [-0.39, 0.29) is 36.5 Å². The van der Waals surface area contributed by atoms with Crippen molar-refractivity contribution in [2.75, 3.05) is 6.54 Å². The molecule has 1 heterocycles. The van der Waals surface area contributed by atoms with Crippen LogP contribution >= 0.6 is 0 Å². The van der Waals surface area contributed by atoms with Gasteiger partial charge in [0.2, 0.25) is 11.8 Å². The number of carboxylic acid groups (broad SMARTS) is 1. The summed E-state index contributed by atoms with van der Waals surface area (Å²) in [5.41, 5.74) is 1.40. The van der Waals surface area contributed by atoms with Crippen molar-refractivity contribution in [1.82, 2.24) is 10.6 Å². The van der Waals surface area contributed by atoms with Crippen LogP contribution in [-0.2, 0) is 20.8 Å². The lowest BCUT2D eigenvalue weighted by atomic mass is 9.97. The summed E-state index contributed by atoms with van der Waals surface area (Å²) in [4.78, 5) is 45.0. The van der Waals surface area contributed by atoms with Crippen LogP contribution in [0.15, 0.2) is 24.3 Å². The molecule has 7 heteroatoms. The zero-order chi connectivity index (χ0) is 17.5. The molecule has 3 N–H and O–H groups in total. The number of rotatable bonds is 8. The van der Waals surface area contributed by atoms with Gasteiger partial charge in [-0.2, -0.15) is 0 Å². The number of carbonyl (C=O) groups is 4. The third-order valence-electron chi connectivity index (χ3n) is 3.87. The summed E-state index contributed by atoms with van der Waals surface area (Å²) in [6.45, 7) is 0.429. The normalized spacial score (nSPS) is 16.8. The topological polar surface area (TPSA) is 113 Å². The first-order valence-electron chi connectivity index (χ1n) is 7.88. The van der Waals surface area contributed by atoms with Crippen molar-refractivity contribution in [2.24, 2.45) is 5.92 Å². The quantitative estimate of drug-likeness (QED) is 0.483. The van der Waals surface area contributed by atoms with E-state index in [1.165, 1.54) is 0 Å². The molecule has 0 spiro atoms. The van der Waals surface area contributed by atoms with Crippen LogP contribution in [0.5, 0.6) is 0 Å². The summed E-state index contributed by atoms with van der Waals surface area (Å²) in [5.74, 6) is -1.89. The number of hydrogen-bond acceptors (Lipinski definition) is 4. The Morgan fingerprint density at radius 2 is 1.88 bits per heavy atom. The molecule has 1 unspecified atom stereocenters. The first kappa shape index (κ1) is 17.7. The molecule has 1 aromatic carbocycles. The second-order valence-corrected chi connectivity index (χ2v) is 5.82. The van der Waals surface area contributed by atoms with Crippen molar-refractivity contribution in [3.05, 3.63) is 35.4 Å². The van der Waals surface area contributed by atoms with Crippen molar-refractivity contribution in [2.45, 2.75) is 32.1 Å². The van der Waals surface area contributed by atoms with E-state index in [0.29, 0.717) is 31.4 Å². The molecule has 0 radical (unpaired) electrons. The van der Waals surface area contributed by atoms with Crippen LogP contribution in [0.2, 0.25) is 0 Å². The van der Waals surface area contributed by atoms with Gasteiger partial charge in [-0.25, -0.2) is 0 Å². The van der Waals surface area contributed by atoms with Gasteiger partial charge in [-0.05, 0) is 37.0 Å². The van der Waals surface area contributed by atoms with E-state index >= 15 is 0 Å². The molecule has 1 saturated heterocycles. The maximum absolute atomic E-state index is 12.0. The summed E-state index contributed by atoms with van der Waals surface area (Å²) >= 11 is 0. The smallest absolute Gasteiger partial charge is 0.303 e. The molecule has 2 rings (SSSR count). The second kappa shape index (κ2) is 8.24. The van der Waals surface area contributed by atoms with Crippen molar-refractivity contribution >= 4 is 23.7 Å². The third-order valence-corrected chi connectivity index (χ3v) is 3.87. The van der Waals surface area contributed by atoms with Crippen LogP contribution in [0.25, 0.3) is 0 Å². The lowest BCUT2D eigenvalue weighted by Gasteiger charge is -2.08. The maximum atomic E-state index is 12.0. The highest BCUT2D eigenvalue weighted by Gasteiger charge is 2.30. The Kier molecular flexibility index (Phi) is 6.06. The fourth-order valence-corrected chi connectivity index (χ4v) is 2.55. The molecular formula is C17H20N2O5. The number of carbonyl (C=O) groups excluding carboxylic acids is 3. The molecule has 0 aromatic heterocycles. The molecule has 1 fully saturated rings. The monoisotopic (exact) mass is 332 g/mol. The van der Waals surface area contributed by atoms with Gasteiger partial charge in [-0.3, -0.25) is 24.5 Å². The van der Waals surface area contributed by atoms with Crippen LogP contribution in [0.1, 0.15) is 41.6 Å². The van der Waals surface area contributed by atoms with Gasteiger partial charge in [0.25, 0.3) is 5.91 Å². The highest BCUT2D eigenvalue weighted by atomic mass is 16.4. The minimum Gasteiger partial charge on any atom is -0.481 e. The van der Waals surface area contributed by atoms with Crippen LogP contribution < -0.4 is 10.6 Å². The van der Waals surface area contributed by atoms with Gasteiger partial charge in [0.1, 0.15) is 0 Å². The largest absolute Gasteiger partial charge is 0.481 e. The summed E-state index contributed by atoms with van der Waals surface area (Å²) in [6.07, 6.45) is 1.91. The Morgan fingerprint density at radius 1 is 1.17 bits per heavy atom. The van der Waals surface area contributed by atoms with E-state index in [1.54, 1.807) is 24.3 Å². The van der Waals surface area contributed by atoms with Crippen molar-refractivity contribution in [3.8, 4) is 0 Å². The molecule has 1 atom stereocenters. The third kappa shape index (κ3) is 5.19. The fourth-order valence-electron chi connectivity index (χ4n) is 2.55. The first-order chi connectivity index (χ1) is 11.5. The highest BCUT2D eigenvalue weighted by Crippen LogP contribution is 2.17. The fraction of sp³-hybridized carbons (Fsp3) is 0.412. The molecule has 3 amide bonds. The number of amides is 3. The van der Waals surface area contributed by atoms with E-state index in [2.05, 4.69) is 10.6 Å². The number of aliphatic carboxylic acids is 1. The summed E-state index contributed by atoms with van der Waals surface area (Å²) < 4.78 is 0. The number of imide groups is 1. The average molecular weight is 332 g/mol. The first-order valence-corrected chi connectivity index (χ1v) is 7.88. The van der Waals surface area contributed by atoms with Gasteiger partial charge >= 0.3 is 5.97 Å². The molecule has 1 aromatic rings. The minimum atomic E-state index is -0.838. The Bertz CT molecular complexity index is 639. The van der Waals surface area contributed by atoms with Gasteiger partial charge in [0.05, 0.1) is 5.92 Å². The summed E-state index contributed by atoms with van der Waals surface area (Å²) in [6, 6.07) is 6.90. The maximum Gasteiger partial charge on any atom is 0.303 e. The molecule has 7 nitrogen and oxygen atoms in total. The van der Waals surface area contributed by atoms with E-state index in [4.69, 9.17) is 5.11 Å². The van der Waals surface area contributed by atoms with E-state index in [0.717, 1.165) is 5.56 Å². The number of carboxylic acids is 1. The predicted molar refractivity (Wildman–Crippen MR) is 85.2 cm³/mol. The van der Waals surface area contributed by atoms with Crippen molar-refractivity contribution < 1.29 is 24.3 Å². The molecule has 0 bridgehead atoms. The molecule has 1 aliphatic rings. The number of nitrogens with one attached hydrogen (secondary N) is 2. The predicted octanol–water partition coefficient (Wildman–Crippen LogP) is 0.877. The number of benzene rings is 1. The van der Waals surface area contributed by atoms with Crippen LogP contribution in [-0.4, -0.2) is 35.3 Å². The second-order valence-electron chi connectivity index (χ2n) is 5.82. The molecule has 128 valence electrons. The Labute approximate surface area is 139 Å². The summed E-state index contributed by atoms with van der Waals surface area (Å²) in [7, 11) is 0. The van der Waals surface area contributed by atoms with Gasteiger partial charge in [-0.15, -0.1) is 0 Å². The van der Waals surface area contributed by atoms with Crippen molar-refractivity contribution in [3.63, 3.8) is 0 Å². The van der Waals surface area contributed by atoms with Crippen molar-refractivity contribution in [1.29, 1.82) is 0 Å². The van der Waals surface area contributed by atoms with Gasteiger partial charge in [0, 0.05) is 24.9 Å². The Hall–Kier alpha value is -2.70. The average Bonchev–Trinajstić information content (AvgIpc) is 2.84. The lowest BCUT2D eigenvalue weighted by molar-refractivity contribution is -0.137. The number of hydrogen-bond donors (Lipinski definition) is 3. The van der Waals surface area contributed by atoms with E-state index in [1.807, 2.05) is 0 Å².